The zero-order chi connectivity index (χ0) is 73.2. The van der Waals surface area contributed by atoms with E-state index in [2.05, 4.69) is 88.5 Å². The van der Waals surface area contributed by atoms with Crippen LogP contribution in [0.1, 0.15) is 362 Å². The van der Waals surface area contributed by atoms with E-state index in [0.29, 0.717) is 32.1 Å². The number of carbonyl (C=O) groups is 4. The number of ether oxygens (including phenoxy) is 4. The molecule has 100 heavy (non-hydrogen) atoms. The molecule has 0 rings (SSSR count). The summed E-state index contributed by atoms with van der Waals surface area (Å²) in [5.74, 6) is -2.23. The fourth-order valence-electron chi connectivity index (χ4n) is 11.0. The van der Waals surface area contributed by atoms with E-state index in [1.807, 2.05) is 12.2 Å². The Kier molecular flexibility index (Phi) is 71.2. The number of carbonyl (C=O) groups excluding carboxylic acids is 4. The van der Waals surface area contributed by atoms with Crippen LogP contribution in [-0.4, -0.2) is 96.7 Å². The van der Waals surface area contributed by atoms with E-state index < -0.39 is 97.5 Å². The number of rotatable bonds is 76. The molecular formula is C81H146O17P2. The number of hydrogen-bond donors (Lipinski definition) is 3. The number of aliphatic hydroxyl groups is 1. The van der Waals surface area contributed by atoms with Gasteiger partial charge in [-0.15, -0.1) is 0 Å². The fraction of sp³-hybridized carbons (Fsp3) is 0.802. The zero-order valence-corrected chi connectivity index (χ0v) is 65.4. The highest BCUT2D eigenvalue weighted by Crippen LogP contribution is 2.45. The number of hydrogen-bond acceptors (Lipinski definition) is 15. The average molecular weight is 1450 g/mol. The number of esters is 4. The van der Waals surface area contributed by atoms with Gasteiger partial charge in [0.25, 0.3) is 0 Å². The maximum absolute atomic E-state index is 13.1. The molecule has 0 fully saturated rings. The van der Waals surface area contributed by atoms with Gasteiger partial charge in [0.2, 0.25) is 0 Å². The fourth-order valence-corrected chi connectivity index (χ4v) is 12.5. The van der Waals surface area contributed by atoms with Crippen molar-refractivity contribution in [1.82, 2.24) is 0 Å². The van der Waals surface area contributed by atoms with Crippen LogP contribution >= 0.6 is 15.6 Å². The van der Waals surface area contributed by atoms with Crippen LogP contribution in [0.4, 0.5) is 0 Å². The lowest BCUT2D eigenvalue weighted by atomic mass is 10.0. The first-order chi connectivity index (χ1) is 48.7. The van der Waals surface area contributed by atoms with Crippen LogP contribution in [0.5, 0.6) is 0 Å². The zero-order valence-electron chi connectivity index (χ0n) is 63.6. The average Bonchev–Trinajstić information content (AvgIpc) is 1.22. The monoisotopic (exact) mass is 1450 g/mol. The summed E-state index contributed by atoms with van der Waals surface area (Å²) in [7, 11) is -9.96. The summed E-state index contributed by atoms with van der Waals surface area (Å²) in [5, 5.41) is 10.6. The molecule has 17 nitrogen and oxygen atoms in total. The Balaban J connectivity index is 5.39. The van der Waals surface area contributed by atoms with Crippen LogP contribution in [0.25, 0.3) is 0 Å². The van der Waals surface area contributed by atoms with E-state index in [1.165, 1.54) is 154 Å². The molecule has 0 heterocycles. The van der Waals surface area contributed by atoms with Crippen molar-refractivity contribution in [2.24, 2.45) is 0 Å². The third-order valence-electron chi connectivity index (χ3n) is 17.1. The first kappa shape index (κ1) is 96.5. The number of unbranched alkanes of at least 4 members (excludes halogenated alkanes) is 38. The van der Waals surface area contributed by atoms with Gasteiger partial charge < -0.3 is 33.8 Å². The van der Waals surface area contributed by atoms with Gasteiger partial charge >= 0.3 is 39.5 Å². The number of allylic oxidation sites excluding steroid dienone is 12. The molecule has 0 aliphatic carbocycles. The maximum atomic E-state index is 13.1. The van der Waals surface area contributed by atoms with Gasteiger partial charge in [-0.1, -0.05) is 293 Å². The summed E-state index contributed by atoms with van der Waals surface area (Å²) in [4.78, 5) is 72.9. The highest BCUT2D eigenvalue weighted by molar-refractivity contribution is 7.47. The molecule has 3 N–H and O–H groups in total. The molecule has 0 saturated heterocycles. The molecule has 0 aromatic rings. The predicted molar refractivity (Wildman–Crippen MR) is 409 cm³/mol. The molecule has 5 atom stereocenters. The molecule has 0 aliphatic heterocycles. The molecule has 0 amide bonds. The Morgan fingerprint density at radius 1 is 0.280 bits per heavy atom. The largest absolute Gasteiger partial charge is 0.472 e. The van der Waals surface area contributed by atoms with Crippen LogP contribution in [0.15, 0.2) is 72.9 Å². The van der Waals surface area contributed by atoms with Crippen LogP contribution in [0.2, 0.25) is 0 Å². The second kappa shape index (κ2) is 73.8. The van der Waals surface area contributed by atoms with Gasteiger partial charge in [0.05, 0.1) is 26.4 Å². The standard InChI is InChI=1S/C81H146O17P2/c1-5-9-13-17-21-25-29-33-36-37-40-44-48-52-56-60-64-68-81(86)98-77(72-92-79(84)66-62-58-54-50-46-42-38-34-30-26-22-18-14-10-6-2)74-96-100(89,90)94-70-75(82)69-93-99(87,88)95-73-76(71-91-78(83)65-61-57-53-49-45-41-32-28-24-20-16-12-8-4)97-80(85)67-63-59-55-51-47-43-39-35-31-27-23-19-15-11-7-3/h21,25,33-36,38-40,44,52,56,75-77,82H,5-20,22-24,26-32,37,41-43,45-51,53-55,57-74H2,1-4H3,(H,87,88)(H,89,90)/b25-21-,36-33-,38-34-,39-35-,44-40-,56-52-/t75-,76+,77+/m0/s1. The van der Waals surface area contributed by atoms with Crippen molar-refractivity contribution in [3.05, 3.63) is 72.9 Å². The van der Waals surface area contributed by atoms with E-state index in [4.69, 9.17) is 37.0 Å². The summed E-state index contributed by atoms with van der Waals surface area (Å²) in [6.07, 6.45) is 74.6. The topological polar surface area (TPSA) is 237 Å². The molecule has 0 aliphatic rings. The summed E-state index contributed by atoms with van der Waals surface area (Å²) in [6.45, 7) is 4.81. The Bertz CT molecular complexity index is 2180. The Hall–Kier alpha value is -3.50. The predicted octanol–water partition coefficient (Wildman–Crippen LogP) is 23.2. The van der Waals surface area contributed by atoms with Gasteiger partial charge in [0, 0.05) is 25.7 Å². The number of aliphatic hydroxyl groups excluding tert-OH is 1. The van der Waals surface area contributed by atoms with E-state index >= 15 is 0 Å². The Morgan fingerprint density at radius 3 is 0.820 bits per heavy atom. The lowest BCUT2D eigenvalue weighted by Crippen LogP contribution is -2.30. The van der Waals surface area contributed by atoms with E-state index in [-0.39, 0.29) is 25.7 Å². The van der Waals surface area contributed by atoms with E-state index in [1.54, 1.807) is 0 Å². The lowest BCUT2D eigenvalue weighted by molar-refractivity contribution is -0.161. The Labute approximate surface area is 609 Å². The molecular weight excluding hydrogens is 1310 g/mol. The van der Waals surface area contributed by atoms with Crippen molar-refractivity contribution in [1.29, 1.82) is 0 Å². The minimum absolute atomic E-state index is 0.0201. The van der Waals surface area contributed by atoms with Crippen molar-refractivity contribution in [3.8, 4) is 0 Å². The molecule has 0 spiro atoms. The van der Waals surface area contributed by atoms with E-state index in [0.717, 1.165) is 122 Å². The van der Waals surface area contributed by atoms with Crippen LogP contribution < -0.4 is 0 Å². The summed E-state index contributed by atoms with van der Waals surface area (Å²) < 4.78 is 68.5. The molecule has 582 valence electrons. The van der Waals surface area contributed by atoms with Crippen molar-refractivity contribution < 1.29 is 80.2 Å². The maximum Gasteiger partial charge on any atom is 0.472 e. The van der Waals surface area contributed by atoms with Crippen molar-refractivity contribution in [2.45, 2.75) is 380 Å². The summed E-state index contributed by atoms with van der Waals surface area (Å²) in [6, 6.07) is 0. The van der Waals surface area contributed by atoms with Gasteiger partial charge in [-0.2, -0.15) is 0 Å². The second-order valence-corrected chi connectivity index (χ2v) is 29.9. The minimum Gasteiger partial charge on any atom is -0.462 e. The first-order valence-corrected chi connectivity index (χ1v) is 43.2. The summed E-state index contributed by atoms with van der Waals surface area (Å²) >= 11 is 0. The molecule has 0 aromatic heterocycles. The highest BCUT2D eigenvalue weighted by Gasteiger charge is 2.30. The molecule has 0 saturated carbocycles. The second-order valence-electron chi connectivity index (χ2n) is 27.0. The van der Waals surface area contributed by atoms with Crippen LogP contribution in [0.3, 0.4) is 0 Å². The van der Waals surface area contributed by atoms with Crippen molar-refractivity contribution in [2.75, 3.05) is 39.6 Å². The van der Waals surface area contributed by atoms with Crippen molar-refractivity contribution in [3.63, 3.8) is 0 Å². The van der Waals surface area contributed by atoms with Gasteiger partial charge in [-0.05, 0) is 116 Å². The molecule has 0 radical (unpaired) electrons. The van der Waals surface area contributed by atoms with Gasteiger partial charge in [-0.3, -0.25) is 37.3 Å². The molecule has 0 aromatic carbocycles. The third-order valence-corrected chi connectivity index (χ3v) is 19.0. The van der Waals surface area contributed by atoms with E-state index in [9.17, 15) is 43.2 Å². The molecule has 0 bridgehead atoms. The minimum atomic E-state index is -4.99. The van der Waals surface area contributed by atoms with Crippen LogP contribution in [-0.2, 0) is 65.4 Å². The smallest absolute Gasteiger partial charge is 0.462 e. The van der Waals surface area contributed by atoms with Crippen LogP contribution in [0, 0.1) is 0 Å². The lowest BCUT2D eigenvalue weighted by Gasteiger charge is -2.21. The van der Waals surface area contributed by atoms with Gasteiger partial charge in [-0.25, -0.2) is 9.13 Å². The molecule has 2 unspecified atom stereocenters. The molecule has 19 heteroatoms. The summed E-state index contributed by atoms with van der Waals surface area (Å²) in [5.41, 5.74) is 0. The highest BCUT2D eigenvalue weighted by atomic mass is 31.2. The third kappa shape index (κ3) is 72.8. The SMILES string of the molecule is CCCCC/C=C\C/C=C\C/C=C\C/C=C\CCCC(=O)O[C@H](COC(=O)CCCCCCC/C=C\CCCCCCCC)COP(=O)(O)OC[C@@H](O)COP(=O)(O)OC[C@@H](COC(=O)CCCCCCCCCCCCCCC)OC(=O)CCCCCCC/C=C\CCCCCCCC. The van der Waals surface area contributed by atoms with Gasteiger partial charge in [0.15, 0.2) is 12.2 Å². The first-order valence-electron chi connectivity index (χ1n) is 40.2. The number of phosphoric acid groups is 2. The van der Waals surface area contributed by atoms with Crippen molar-refractivity contribution >= 4 is 39.5 Å². The quantitative estimate of drug-likeness (QED) is 0.0169. The number of phosphoric ester groups is 2. The Morgan fingerprint density at radius 2 is 0.500 bits per heavy atom. The normalized spacial score (nSPS) is 14.3. The van der Waals surface area contributed by atoms with Gasteiger partial charge in [0.1, 0.15) is 19.3 Å².